The van der Waals surface area contributed by atoms with Crippen LogP contribution < -0.4 is 5.32 Å². The van der Waals surface area contributed by atoms with Gasteiger partial charge in [0, 0.05) is 18.6 Å². The summed E-state index contributed by atoms with van der Waals surface area (Å²) < 4.78 is 13.1. The van der Waals surface area contributed by atoms with Crippen LogP contribution in [0.5, 0.6) is 0 Å². The Hall–Kier alpha value is -0.970. The highest BCUT2D eigenvalue weighted by Gasteiger charge is 2.22. The molecule has 1 aliphatic heterocycles. The lowest BCUT2D eigenvalue weighted by molar-refractivity contribution is 0.0865. The highest BCUT2D eigenvalue weighted by atomic mass is 19.1. The van der Waals surface area contributed by atoms with Gasteiger partial charge in [0.25, 0.3) is 0 Å². The number of likely N-dealkylation sites (tertiary alicyclic amines) is 1. The maximum atomic E-state index is 13.1. The Balaban J connectivity index is 1.94. The second-order valence-corrected chi connectivity index (χ2v) is 5.82. The summed E-state index contributed by atoms with van der Waals surface area (Å²) in [4.78, 5) is 2.40. The third-order valence-corrected chi connectivity index (χ3v) is 4.39. The van der Waals surface area contributed by atoms with Crippen LogP contribution in [0.3, 0.4) is 0 Å². The fraction of sp³-hybridized carbons (Fsp3) is 0.647. The summed E-state index contributed by atoms with van der Waals surface area (Å²) in [5.41, 5.74) is 1.14. The van der Waals surface area contributed by atoms with E-state index in [9.17, 15) is 9.50 Å². The Morgan fingerprint density at radius 2 is 2.10 bits per heavy atom. The number of piperidine rings is 1. The van der Waals surface area contributed by atoms with Gasteiger partial charge in [-0.1, -0.05) is 25.5 Å². The van der Waals surface area contributed by atoms with Gasteiger partial charge < -0.3 is 10.4 Å². The quantitative estimate of drug-likeness (QED) is 0.811. The molecule has 4 heteroatoms. The number of nitrogens with one attached hydrogen (secondary N) is 1. The molecule has 0 spiro atoms. The minimum Gasteiger partial charge on any atom is -0.395 e. The molecule has 1 saturated heterocycles. The summed E-state index contributed by atoms with van der Waals surface area (Å²) in [7, 11) is 0. The minimum absolute atomic E-state index is 0.189. The summed E-state index contributed by atoms with van der Waals surface area (Å²) in [6.45, 7) is 5.29. The molecular weight excluding hydrogens is 267 g/mol. The molecule has 1 heterocycles. The lowest BCUT2D eigenvalue weighted by atomic mass is 9.99. The van der Waals surface area contributed by atoms with E-state index >= 15 is 0 Å². The Kier molecular flexibility index (Phi) is 6.61. The van der Waals surface area contributed by atoms with E-state index in [-0.39, 0.29) is 18.5 Å². The molecule has 0 bridgehead atoms. The van der Waals surface area contributed by atoms with Gasteiger partial charge in [-0.3, -0.25) is 4.90 Å². The van der Waals surface area contributed by atoms with Crippen molar-refractivity contribution in [3.05, 3.63) is 35.6 Å². The first-order valence-corrected chi connectivity index (χ1v) is 8.08. The van der Waals surface area contributed by atoms with Crippen molar-refractivity contribution in [2.24, 2.45) is 0 Å². The Bertz CT molecular complexity index is 410. The van der Waals surface area contributed by atoms with Crippen molar-refractivity contribution < 1.29 is 9.50 Å². The topological polar surface area (TPSA) is 35.5 Å². The first-order chi connectivity index (χ1) is 10.2. The van der Waals surface area contributed by atoms with E-state index in [1.165, 1.54) is 25.0 Å². The number of benzene rings is 1. The van der Waals surface area contributed by atoms with Gasteiger partial charge in [0.2, 0.25) is 0 Å². The number of aliphatic hydroxyl groups is 1. The fourth-order valence-corrected chi connectivity index (χ4v) is 3.18. The Morgan fingerprint density at radius 3 is 2.76 bits per heavy atom. The summed E-state index contributed by atoms with van der Waals surface area (Å²) in [6.07, 6.45) is 4.52. The molecule has 3 nitrogen and oxygen atoms in total. The molecule has 0 saturated carbocycles. The lowest BCUT2D eigenvalue weighted by Crippen LogP contribution is -2.43. The SMILES string of the molecule is CCNC(CCN1CCCCC1CO)c1ccc(F)cc1. The summed E-state index contributed by atoms with van der Waals surface area (Å²) >= 11 is 0. The normalized spacial score (nSPS) is 21.4. The molecule has 1 aromatic carbocycles. The molecule has 0 aliphatic carbocycles. The minimum atomic E-state index is -0.189. The molecule has 2 rings (SSSR count). The third-order valence-electron chi connectivity index (χ3n) is 4.39. The molecule has 21 heavy (non-hydrogen) atoms. The average molecular weight is 294 g/mol. The summed E-state index contributed by atoms with van der Waals surface area (Å²) in [5, 5.41) is 13.0. The zero-order valence-corrected chi connectivity index (χ0v) is 12.9. The Morgan fingerprint density at radius 1 is 1.33 bits per heavy atom. The Labute approximate surface area is 127 Å². The lowest BCUT2D eigenvalue weighted by Gasteiger charge is -2.35. The fourth-order valence-electron chi connectivity index (χ4n) is 3.18. The number of hydrogen-bond acceptors (Lipinski definition) is 3. The molecule has 2 atom stereocenters. The number of aliphatic hydroxyl groups excluding tert-OH is 1. The third kappa shape index (κ3) is 4.77. The number of nitrogens with zero attached hydrogens (tertiary/aromatic N) is 1. The maximum absolute atomic E-state index is 13.1. The van der Waals surface area contributed by atoms with Gasteiger partial charge >= 0.3 is 0 Å². The van der Waals surface area contributed by atoms with Crippen LogP contribution in [0, 0.1) is 5.82 Å². The molecule has 2 unspecified atom stereocenters. The van der Waals surface area contributed by atoms with E-state index in [2.05, 4.69) is 17.1 Å². The second-order valence-electron chi connectivity index (χ2n) is 5.82. The van der Waals surface area contributed by atoms with Gasteiger partial charge in [-0.2, -0.15) is 0 Å². The zero-order chi connectivity index (χ0) is 15.1. The van der Waals surface area contributed by atoms with Crippen molar-refractivity contribution in [3.63, 3.8) is 0 Å². The molecule has 2 N–H and O–H groups in total. The number of halogens is 1. The van der Waals surface area contributed by atoms with Crippen LogP contribution in [0.1, 0.15) is 44.2 Å². The molecule has 1 fully saturated rings. The maximum Gasteiger partial charge on any atom is 0.123 e. The molecule has 0 amide bonds. The molecule has 1 aromatic rings. The molecular formula is C17H27FN2O. The van der Waals surface area contributed by atoms with Crippen molar-refractivity contribution in [1.82, 2.24) is 10.2 Å². The molecule has 118 valence electrons. The second kappa shape index (κ2) is 8.47. The van der Waals surface area contributed by atoms with Crippen molar-refractivity contribution in [1.29, 1.82) is 0 Å². The molecule has 0 radical (unpaired) electrons. The van der Waals surface area contributed by atoms with Gasteiger partial charge in [0.1, 0.15) is 5.82 Å². The standard InChI is InChI=1S/C17H27FN2O/c1-2-19-17(14-6-8-15(18)9-7-14)10-12-20-11-4-3-5-16(20)13-21/h6-9,16-17,19,21H,2-5,10-13H2,1H3. The van der Waals surface area contributed by atoms with Crippen LogP contribution in [-0.2, 0) is 0 Å². The van der Waals surface area contributed by atoms with Crippen molar-refractivity contribution in [2.45, 2.75) is 44.7 Å². The van der Waals surface area contributed by atoms with E-state index in [1.807, 2.05) is 12.1 Å². The predicted octanol–water partition coefficient (Wildman–Crippen LogP) is 2.71. The van der Waals surface area contributed by atoms with Crippen molar-refractivity contribution >= 4 is 0 Å². The average Bonchev–Trinajstić information content (AvgIpc) is 2.52. The van der Waals surface area contributed by atoms with Crippen LogP contribution >= 0.6 is 0 Å². The highest BCUT2D eigenvalue weighted by molar-refractivity contribution is 5.20. The first-order valence-electron chi connectivity index (χ1n) is 8.08. The van der Waals surface area contributed by atoms with Gasteiger partial charge in [-0.05, 0) is 50.0 Å². The monoisotopic (exact) mass is 294 g/mol. The van der Waals surface area contributed by atoms with Crippen LogP contribution in [0.15, 0.2) is 24.3 Å². The number of rotatable bonds is 7. The smallest absolute Gasteiger partial charge is 0.123 e. The van der Waals surface area contributed by atoms with Crippen molar-refractivity contribution in [3.8, 4) is 0 Å². The van der Waals surface area contributed by atoms with E-state index in [0.29, 0.717) is 6.04 Å². The van der Waals surface area contributed by atoms with E-state index in [1.54, 1.807) is 0 Å². The predicted molar refractivity (Wildman–Crippen MR) is 83.7 cm³/mol. The number of hydrogen-bond donors (Lipinski definition) is 2. The van der Waals surface area contributed by atoms with Crippen LogP contribution in [0.25, 0.3) is 0 Å². The van der Waals surface area contributed by atoms with E-state index < -0.39 is 0 Å². The summed E-state index contributed by atoms with van der Waals surface area (Å²) in [6, 6.07) is 7.34. The van der Waals surface area contributed by atoms with Gasteiger partial charge in [0.15, 0.2) is 0 Å². The van der Waals surface area contributed by atoms with Crippen LogP contribution in [0.4, 0.5) is 4.39 Å². The zero-order valence-electron chi connectivity index (χ0n) is 12.9. The van der Waals surface area contributed by atoms with Gasteiger partial charge in [-0.25, -0.2) is 4.39 Å². The highest BCUT2D eigenvalue weighted by Crippen LogP contribution is 2.21. The van der Waals surface area contributed by atoms with E-state index in [0.717, 1.165) is 38.0 Å². The molecule has 1 aliphatic rings. The molecule has 0 aromatic heterocycles. The van der Waals surface area contributed by atoms with Gasteiger partial charge in [-0.15, -0.1) is 0 Å². The summed E-state index contributed by atoms with van der Waals surface area (Å²) in [5.74, 6) is -0.189. The van der Waals surface area contributed by atoms with Crippen molar-refractivity contribution in [2.75, 3.05) is 26.2 Å². The largest absolute Gasteiger partial charge is 0.395 e. The van der Waals surface area contributed by atoms with Crippen LogP contribution in [-0.4, -0.2) is 42.3 Å². The first kappa shape index (κ1) is 16.4. The van der Waals surface area contributed by atoms with Gasteiger partial charge in [0.05, 0.1) is 6.61 Å². The van der Waals surface area contributed by atoms with Crippen LogP contribution in [0.2, 0.25) is 0 Å². The van der Waals surface area contributed by atoms with E-state index in [4.69, 9.17) is 0 Å².